The van der Waals surface area contributed by atoms with E-state index < -0.39 is 10.0 Å². The monoisotopic (exact) mass is 385 g/mol. The number of nitriles is 1. The largest absolute Gasteiger partial charge is 0.495 e. The van der Waals surface area contributed by atoms with Gasteiger partial charge in [0.15, 0.2) is 0 Å². The molecule has 0 unspecified atom stereocenters. The fourth-order valence-electron chi connectivity index (χ4n) is 2.31. The van der Waals surface area contributed by atoms with E-state index in [9.17, 15) is 8.42 Å². The lowest BCUT2D eigenvalue weighted by atomic mass is 10.2. The highest BCUT2D eigenvalue weighted by Gasteiger charge is 2.20. The van der Waals surface area contributed by atoms with Gasteiger partial charge in [-0.2, -0.15) is 14.8 Å². The minimum atomic E-state index is -3.86. The molecule has 138 valence electrons. The quantitative estimate of drug-likeness (QED) is 0.584. The molecule has 0 atom stereocenters. The molecule has 27 heavy (non-hydrogen) atoms. The van der Waals surface area contributed by atoms with Gasteiger partial charge in [-0.05, 0) is 41.1 Å². The summed E-state index contributed by atoms with van der Waals surface area (Å²) in [6.07, 6.45) is 3.36. The van der Waals surface area contributed by atoms with Crippen LogP contribution in [0.25, 0.3) is 11.4 Å². The van der Waals surface area contributed by atoms with Crippen molar-refractivity contribution < 1.29 is 13.2 Å². The first kappa shape index (κ1) is 18.4. The number of aromatic nitrogens is 5. The number of ether oxygens (including phenoxy) is 1. The predicted octanol–water partition coefficient (Wildman–Crippen LogP) is 0.594. The van der Waals surface area contributed by atoms with E-state index in [-0.39, 0.29) is 17.2 Å². The van der Waals surface area contributed by atoms with Crippen LogP contribution in [-0.4, -0.2) is 47.3 Å². The average molecular weight is 385 g/mol. The number of tetrazole rings is 1. The van der Waals surface area contributed by atoms with Crippen molar-refractivity contribution in [1.29, 1.82) is 5.26 Å². The summed E-state index contributed by atoms with van der Waals surface area (Å²) in [5.41, 5.74) is 1.52. The normalized spacial score (nSPS) is 11.1. The van der Waals surface area contributed by atoms with Crippen LogP contribution in [0.1, 0.15) is 5.56 Å². The lowest BCUT2D eigenvalue weighted by molar-refractivity contribution is 0.402. The van der Waals surface area contributed by atoms with E-state index in [0.29, 0.717) is 17.9 Å². The Hall–Kier alpha value is -3.36. The highest BCUT2D eigenvalue weighted by Crippen LogP contribution is 2.28. The van der Waals surface area contributed by atoms with Gasteiger partial charge < -0.3 is 4.74 Å². The van der Waals surface area contributed by atoms with Gasteiger partial charge in [-0.3, -0.25) is 4.98 Å². The number of benzene rings is 1. The van der Waals surface area contributed by atoms with E-state index in [1.807, 2.05) is 12.1 Å². The summed E-state index contributed by atoms with van der Waals surface area (Å²) in [6, 6.07) is 9.85. The Morgan fingerprint density at radius 3 is 2.74 bits per heavy atom. The minimum absolute atomic E-state index is 0.0758. The summed E-state index contributed by atoms with van der Waals surface area (Å²) in [6.45, 7) is 0.0926. The van der Waals surface area contributed by atoms with Crippen LogP contribution in [-0.2, 0) is 16.6 Å². The summed E-state index contributed by atoms with van der Waals surface area (Å²) in [5.74, 6) is 0.444. The molecule has 0 aliphatic heterocycles. The van der Waals surface area contributed by atoms with Crippen LogP contribution in [0.4, 0.5) is 0 Å². The number of hydrogen-bond donors (Lipinski definition) is 1. The first-order chi connectivity index (χ1) is 13.0. The van der Waals surface area contributed by atoms with Gasteiger partial charge in [-0.15, -0.1) is 10.2 Å². The van der Waals surface area contributed by atoms with Crippen molar-refractivity contribution in [2.75, 3.05) is 13.7 Å². The SMILES string of the molecule is COc1cc(-c2nnn(Cc3ccncc3)n2)ccc1S(=O)(=O)NCC#N. The average Bonchev–Trinajstić information content (AvgIpc) is 3.15. The summed E-state index contributed by atoms with van der Waals surface area (Å²) in [5, 5.41) is 20.9. The molecule has 0 saturated heterocycles. The highest BCUT2D eigenvalue weighted by molar-refractivity contribution is 7.89. The third-order valence-corrected chi connectivity index (χ3v) is 5.02. The van der Waals surface area contributed by atoms with E-state index in [1.54, 1.807) is 24.5 Å². The van der Waals surface area contributed by atoms with Crippen LogP contribution >= 0.6 is 0 Å². The lowest BCUT2D eigenvalue weighted by Gasteiger charge is -2.10. The molecule has 1 aromatic carbocycles. The smallest absolute Gasteiger partial charge is 0.245 e. The molecule has 2 heterocycles. The Balaban J connectivity index is 1.87. The Labute approximate surface area is 155 Å². The number of methoxy groups -OCH3 is 1. The molecule has 0 radical (unpaired) electrons. The molecule has 10 nitrogen and oxygen atoms in total. The van der Waals surface area contributed by atoms with Crippen molar-refractivity contribution in [2.45, 2.75) is 11.4 Å². The van der Waals surface area contributed by atoms with Crippen LogP contribution in [0.2, 0.25) is 0 Å². The lowest BCUT2D eigenvalue weighted by Crippen LogP contribution is -2.24. The standard InChI is InChI=1S/C16H15N7O3S/c1-26-14-10-13(2-3-15(14)27(24,25)19-9-6-17)16-20-22-23(21-16)11-12-4-7-18-8-5-12/h2-5,7-8,10,19H,9,11H2,1H3. The van der Waals surface area contributed by atoms with Gasteiger partial charge in [0.2, 0.25) is 15.8 Å². The van der Waals surface area contributed by atoms with Crippen LogP contribution in [0.3, 0.4) is 0 Å². The maximum absolute atomic E-state index is 12.2. The molecule has 0 aliphatic rings. The summed E-state index contributed by atoms with van der Waals surface area (Å²) in [4.78, 5) is 5.31. The van der Waals surface area contributed by atoms with Crippen LogP contribution < -0.4 is 9.46 Å². The zero-order valence-electron chi connectivity index (χ0n) is 14.3. The van der Waals surface area contributed by atoms with E-state index in [0.717, 1.165) is 5.56 Å². The number of nitrogens with one attached hydrogen (secondary N) is 1. The number of nitrogens with zero attached hydrogens (tertiary/aromatic N) is 6. The zero-order valence-corrected chi connectivity index (χ0v) is 15.1. The number of sulfonamides is 1. The Kier molecular flexibility index (Phi) is 5.39. The summed E-state index contributed by atoms with van der Waals surface area (Å²) < 4.78 is 31.8. The van der Waals surface area contributed by atoms with E-state index in [1.165, 1.54) is 24.0 Å². The molecular formula is C16H15N7O3S. The Bertz CT molecular complexity index is 1070. The number of pyridine rings is 1. The van der Waals surface area contributed by atoms with Gasteiger partial charge in [0.1, 0.15) is 10.6 Å². The highest BCUT2D eigenvalue weighted by atomic mass is 32.2. The van der Waals surface area contributed by atoms with E-state index in [4.69, 9.17) is 10.00 Å². The second-order valence-electron chi connectivity index (χ2n) is 5.35. The first-order valence-electron chi connectivity index (χ1n) is 7.75. The molecule has 0 fully saturated rings. The summed E-state index contributed by atoms with van der Waals surface area (Å²) in [7, 11) is -2.51. The van der Waals surface area contributed by atoms with Crippen molar-refractivity contribution >= 4 is 10.0 Å². The molecule has 0 saturated carbocycles. The molecule has 3 aromatic rings. The van der Waals surface area contributed by atoms with Crippen molar-refractivity contribution in [3.8, 4) is 23.2 Å². The predicted molar refractivity (Wildman–Crippen MR) is 93.9 cm³/mol. The molecule has 1 N–H and O–H groups in total. The van der Waals surface area contributed by atoms with Gasteiger partial charge in [0.25, 0.3) is 0 Å². The molecule has 0 amide bonds. The topological polar surface area (TPSA) is 136 Å². The van der Waals surface area contributed by atoms with Gasteiger partial charge in [-0.25, -0.2) is 8.42 Å². The van der Waals surface area contributed by atoms with Gasteiger partial charge in [-0.1, -0.05) is 0 Å². The molecule has 0 spiro atoms. The van der Waals surface area contributed by atoms with Gasteiger partial charge >= 0.3 is 0 Å². The van der Waals surface area contributed by atoms with Gasteiger partial charge in [0, 0.05) is 18.0 Å². The van der Waals surface area contributed by atoms with Crippen molar-refractivity contribution in [3.63, 3.8) is 0 Å². The molecule has 0 aliphatic carbocycles. The van der Waals surface area contributed by atoms with Crippen LogP contribution in [0.15, 0.2) is 47.6 Å². The van der Waals surface area contributed by atoms with Crippen LogP contribution in [0, 0.1) is 11.3 Å². The van der Waals surface area contributed by atoms with Crippen LogP contribution in [0.5, 0.6) is 5.75 Å². The number of rotatable bonds is 7. The molecule has 3 rings (SSSR count). The third kappa shape index (κ3) is 4.25. The third-order valence-electron chi connectivity index (χ3n) is 3.58. The van der Waals surface area contributed by atoms with E-state index in [2.05, 4.69) is 25.1 Å². The Morgan fingerprint density at radius 2 is 2.04 bits per heavy atom. The maximum Gasteiger partial charge on any atom is 0.245 e. The molecular weight excluding hydrogens is 370 g/mol. The van der Waals surface area contributed by atoms with E-state index >= 15 is 0 Å². The number of hydrogen-bond acceptors (Lipinski definition) is 8. The minimum Gasteiger partial charge on any atom is -0.495 e. The molecule has 11 heteroatoms. The zero-order chi connectivity index (χ0) is 19.3. The van der Waals surface area contributed by atoms with Crippen molar-refractivity contribution in [1.82, 2.24) is 29.9 Å². The summed E-state index contributed by atoms with van der Waals surface area (Å²) >= 11 is 0. The van der Waals surface area contributed by atoms with Gasteiger partial charge in [0.05, 0.1) is 26.3 Å². The fourth-order valence-corrected chi connectivity index (χ4v) is 3.38. The fraction of sp³-hybridized carbons (Fsp3) is 0.188. The molecule has 2 aromatic heterocycles. The Morgan fingerprint density at radius 1 is 1.26 bits per heavy atom. The molecule has 0 bridgehead atoms. The first-order valence-corrected chi connectivity index (χ1v) is 9.23. The maximum atomic E-state index is 12.2. The van der Waals surface area contributed by atoms with Crippen molar-refractivity contribution in [3.05, 3.63) is 48.3 Å². The van der Waals surface area contributed by atoms with Crippen molar-refractivity contribution in [2.24, 2.45) is 0 Å². The second kappa shape index (κ2) is 7.90. The second-order valence-corrected chi connectivity index (χ2v) is 7.08.